The predicted octanol–water partition coefficient (Wildman–Crippen LogP) is 0.483. The molecule has 0 saturated heterocycles. The van der Waals surface area contributed by atoms with Gasteiger partial charge in [0, 0.05) is 18.3 Å². The lowest BCUT2D eigenvalue weighted by molar-refractivity contribution is -0.121. The number of carbonyl (C=O) groups is 1. The molecule has 0 aliphatic heterocycles. The van der Waals surface area contributed by atoms with Gasteiger partial charge in [0.25, 0.3) is 0 Å². The first kappa shape index (κ1) is 13.4. The smallest absolute Gasteiger partial charge is 0.226 e. The van der Waals surface area contributed by atoms with Crippen molar-refractivity contribution in [1.82, 2.24) is 10.3 Å². The molecule has 4 N–H and O–H groups in total. The van der Waals surface area contributed by atoms with Crippen LogP contribution in [-0.2, 0) is 11.2 Å². The summed E-state index contributed by atoms with van der Waals surface area (Å²) in [4.78, 5) is 15.7. The summed E-state index contributed by atoms with van der Waals surface area (Å²) >= 11 is 0. The molecule has 0 aliphatic rings. The summed E-state index contributed by atoms with van der Waals surface area (Å²) in [5, 5.41) is 11.5. The summed E-state index contributed by atoms with van der Waals surface area (Å²) in [6, 6.07) is 3.54. The van der Waals surface area contributed by atoms with Gasteiger partial charge in [-0.15, -0.1) is 0 Å². The molecule has 1 unspecified atom stereocenters. The van der Waals surface area contributed by atoms with E-state index >= 15 is 0 Å². The van der Waals surface area contributed by atoms with Crippen molar-refractivity contribution in [1.29, 1.82) is 0 Å². The van der Waals surface area contributed by atoms with Crippen molar-refractivity contribution in [2.24, 2.45) is 0 Å². The van der Waals surface area contributed by atoms with Crippen molar-refractivity contribution >= 4 is 11.6 Å². The minimum Gasteiger partial charge on any atom is -0.397 e. The zero-order chi connectivity index (χ0) is 12.7. The van der Waals surface area contributed by atoms with Crippen LogP contribution in [0.25, 0.3) is 0 Å². The van der Waals surface area contributed by atoms with E-state index in [-0.39, 0.29) is 25.0 Å². The van der Waals surface area contributed by atoms with Crippen LogP contribution in [0, 0.1) is 0 Å². The molecule has 0 radical (unpaired) electrons. The average Bonchev–Trinajstić information content (AvgIpc) is 2.29. The summed E-state index contributed by atoms with van der Waals surface area (Å²) in [5.74, 6) is -0.0623. The van der Waals surface area contributed by atoms with Crippen LogP contribution in [0.5, 0.6) is 0 Å². The van der Waals surface area contributed by atoms with Crippen molar-refractivity contribution in [3.8, 4) is 0 Å². The van der Waals surface area contributed by atoms with E-state index in [9.17, 15) is 4.79 Å². The van der Waals surface area contributed by atoms with Gasteiger partial charge in [-0.1, -0.05) is 0 Å². The van der Waals surface area contributed by atoms with Crippen molar-refractivity contribution in [2.45, 2.75) is 32.2 Å². The maximum Gasteiger partial charge on any atom is 0.226 e. The minimum atomic E-state index is -0.0623. The number of nitrogens with two attached hydrogens (primary N) is 1. The number of hydrogen-bond donors (Lipinski definition) is 3. The molecule has 0 aliphatic carbocycles. The Balaban J connectivity index is 2.36. The highest BCUT2D eigenvalue weighted by molar-refractivity contribution is 5.78. The van der Waals surface area contributed by atoms with Crippen molar-refractivity contribution in [2.75, 3.05) is 12.3 Å². The van der Waals surface area contributed by atoms with Gasteiger partial charge in [-0.25, -0.2) is 0 Å². The number of aromatic nitrogens is 1. The normalized spacial score (nSPS) is 12.1. The molecule has 1 aromatic heterocycles. The molecule has 1 aromatic rings. The molecule has 1 atom stereocenters. The number of nitrogens with one attached hydrogen (secondary N) is 1. The largest absolute Gasteiger partial charge is 0.397 e. The third-order valence-electron chi connectivity index (χ3n) is 2.39. The number of amides is 1. The summed E-state index contributed by atoms with van der Waals surface area (Å²) in [5.41, 5.74) is 6.79. The number of aliphatic hydroxyl groups excluding tert-OH is 1. The van der Waals surface area contributed by atoms with Crippen LogP contribution in [0.15, 0.2) is 18.3 Å². The van der Waals surface area contributed by atoms with Gasteiger partial charge in [-0.3, -0.25) is 9.78 Å². The Morgan fingerprint density at radius 1 is 1.59 bits per heavy atom. The van der Waals surface area contributed by atoms with Gasteiger partial charge in [0.1, 0.15) is 0 Å². The number of nitrogens with zero attached hydrogens (tertiary/aromatic N) is 1. The van der Waals surface area contributed by atoms with Crippen LogP contribution >= 0.6 is 0 Å². The summed E-state index contributed by atoms with van der Waals surface area (Å²) in [7, 11) is 0. The van der Waals surface area contributed by atoms with Gasteiger partial charge >= 0.3 is 0 Å². The molecular formula is C12H19N3O2. The van der Waals surface area contributed by atoms with Crippen LogP contribution < -0.4 is 11.1 Å². The van der Waals surface area contributed by atoms with Crippen LogP contribution in [0.1, 0.15) is 25.5 Å². The van der Waals surface area contributed by atoms with E-state index in [1.807, 2.05) is 6.92 Å². The Morgan fingerprint density at radius 3 is 2.94 bits per heavy atom. The highest BCUT2D eigenvalue weighted by Crippen LogP contribution is 2.02. The predicted molar refractivity (Wildman–Crippen MR) is 66.3 cm³/mol. The lowest BCUT2D eigenvalue weighted by Crippen LogP contribution is -2.33. The van der Waals surface area contributed by atoms with E-state index < -0.39 is 0 Å². The molecule has 0 bridgehead atoms. The molecule has 5 nitrogen and oxygen atoms in total. The number of rotatable bonds is 6. The average molecular weight is 237 g/mol. The molecule has 0 spiro atoms. The van der Waals surface area contributed by atoms with Crippen LogP contribution in [0.3, 0.4) is 0 Å². The van der Waals surface area contributed by atoms with Gasteiger partial charge in [-0.2, -0.15) is 0 Å². The highest BCUT2D eigenvalue weighted by Gasteiger charge is 2.08. The molecular weight excluding hydrogens is 218 g/mol. The molecule has 0 saturated carbocycles. The molecule has 1 amide bonds. The van der Waals surface area contributed by atoms with E-state index in [1.54, 1.807) is 12.1 Å². The molecule has 1 rings (SSSR count). The van der Waals surface area contributed by atoms with Gasteiger partial charge in [0.05, 0.1) is 18.3 Å². The molecule has 0 fully saturated rings. The van der Waals surface area contributed by atoms with E-state index in [0.29, 0.717) is 17.8 Å². The fourth-order valence-corrected chi connectivity index (χ4v) is 1.50. The van der Waals surface area contributed by atoms with Crippen LogP contribution in [0.2, 0.25) is 0 Å². The van der Waals surface area contributed by atoms with Gasteiger partial charge in [0.2, 0.25) is 5.91 Å². The van der Waals surface area contributed by atoms with Gasteiger partial charge in [0.15, 0.2) is 0 Å². The highest BCUT2D eigenvalue weighted by atomic mass is 16.2. The van der Waals surface area contributed by atoms with E-state index in [1.165, 1.54) is 6.20 Å². The first-order chi connectivity index (χ1) is 8.11. The lowest BCUT2D eigenvalue weighted by Gasteiger charge is -2.12. The Morgan fingerprint density at radius 2 is 2.35 bits per heavy atom. The Kier molecular flexibility index (Phi) is 5.42. The number of carbonyl (C=O) groups excluding carboxylic acids is 1. The number of hydrogen-bond acceptors (Lipinski definition) is 4. The zero-order valence-electron chi connectivity index (χ0n) is 10.0. The molecule has 1 heterocycles. The lowest BCUT2D eigenvalue weighted by atomic mass is 10.1. The number of aliphatic hydroxyl groups is 1. The second-order valence-electron chi connectivity index (χ2n) is 4.09. The standard InChI is InChI=1S/C12H19N3O2/c1-9(3-2-6-16)15-12(17)7-11-5-4-10(13)8-14-11/h4-5,8-9,16H,2-3,6-7,13H2,1H3,(H,15,17). The first-order valence-corrected chi connectivity index (χ1v) is 5.72. The Bertz CT molecular complexity index is 351. The molecule has 5 heteroatoms. The van der Waals surface area contributed by atoms with Gasteiger partial charge < -0.3 is 16.2 Å². The second-order valence-corrected chi connectivity index (χ2v) is 4.09. The van der Waals surface area contributed by atoms with E-state index in [4.69, 9.17) is 10.8 Å². The van der Waals surface area contributed by atoms with Crippen LogP contribution in [-0.4, -0.2) is 28.6 Å². The number of anilines is 1. The minimum absolute atomic E-state index is 0.0623. The zero-order valence-corrected chi connectivity index (χ0v) is 10.0. The number of nitrogen functional groups attached to an aromatic ring is 1. The first-order valence-electron chi connectivity index (χ1n) is 5.72. The van der Waals surface area contributed by atoms with E-state index in [2.05, 4.69) is 10.3 Å². The fourth-order valence-electron chi connectivity index (χ4n) is 1.50. The maximum atomic E-state index is 11.6. The SMILES string of the molecule is CC(CCCO)NC(=O)Cc1ccc(N)cn1. The third-order valence-corrected chi connectivity index (χ3v) is 2.39. The fraction of sp³-hybridized carbons (Fsp3) is 0.500. The quantitative estimate of drug-likeness (QED) is 0.671. The molecule has 94 valence electrons. The molecule has 0 aromatic carbocycles. The van der Waals surface area contributed by atoms with Crippen molar-refractivity contribution in [3.63, 3.8) is 0 Å². The molecule has 17 heavy (non-hydrogen) atoms. The number of pyridine rings is 1. The van der Waals surface area contributed by atoms with E-state index in [0.717, 1.165) is 6.42 Å². The summed E-state index contributed by atoms with van der Waals surface area (Å²) < 4.78 is 0. The van der Waals surface area contributed by atoms with Crippen molar-refractivity contribution in [3.05, 3.63) is 24.0 Å². The Hall–Kier alpha value is -1.62. The van der Waals surface area contributed by atoms with Gasteiger partial charge in [-0.05, 0) is 31.9 Å². The Labute approximate surface area is 101 Å². The maximum absolute atomic E-state index is 11.6. The topological polar surface area (TPSA) is 88.2 Å². The monoisotopic (exact) mass is 237 g/mol. The second kappa shape index (κ2) is 6.85. The third kappa shape index (κ3) is 5.31. The summed E-state index contributed by atoms with van der Waals surface area (Å²) in [6.07, 6.45) is 3.26. The van der Waals surface area contributed by atoms with Crippen molar-refractivity contribution < 1.29 is 9.90 Å². The summed E-state index contributed by atoms with van der Waals surface area (Å²) in [6.45, 7) is 2.07. The van der Waals surface area contributed by atoms with Crippen LogP contribution in [0.4, 0.5) is 5.69 Å².